The minimum atomic E-state index is -0.293. The fourth-order valence-corrected chi connectivity index (χ4v) is 3.93. The van der Waals surface area contributed by atoms with Crippen LogP contribution < -0.4 is 0 Å². The number of carbonyl (C=O) groups excluding carboxylic acids is 2. The van der Waals surface area contributed by atoms with Crippen LogP contribution in [-0.2, 0) is 9.53 Å². The van der Waals surface area contributed by atoms with Crippen LogP contribution in [0.25, 0.3) is 0 Å². The summed E-state index contributed by atoms with van der Waals surface area (Å²) in [6.45, 7) is 6.79. The van der Waals surface area contributed by atoms with Crippen molar-refractivity contribution in [2.75, 3.05) is 39.3 Å². The van der Waals surface area contributed by atoms with E-state index >= 15 is 0 Å². The number of nitrogens with zero attached hydrogens (tertiary/aromatic N) is 4. The van der Waals surface area contributed by atoms with Gasteiger partial charge in [-0.25, -0.2) is 9.80 Å². The second-order valence-corrected chi connectivity index (χ2v) is 7.85. The highest BCUT2D eigenvalue weighted by Gasteiger charge is 2.36. The topological polar surface area (TPSA) is 78.6 Å². The molecule has 2 amide bonds. The first-order chi connectivity index (χ1) is 15.0. The Morgan fingerprint density at radius 2 is 1.87 bits per heavy atom. The molecule has 4 rings (SSSR count). The van der Waals surface area contributed by atoms with Crippen LogP contribution in [0.4, 0.5) is 4.79 Å². The van der Waals surface area contributed by atoms with Crippen LogP contribution >= 0.6 is 0 Å². The van der Waals surface area contributed by atoms with Crippen LogP contribution in [-0.4, -0.2) is 71.9 Å². The maximum atomic E-state index is 13.2. The minimum absolute atomic E-state index is 0.0758. The van der Waals surface area contributed by atoms with Crippen molar-refractivity contribution in [2.45, 2.75) is 26.3 Å². The highest BCUT2D eigenvalue weighted by atomic mass is 16.6. The first-order valence-electron chi connectivity index (χ1n) is 10.7. The maximum absolute atomic E-state index is 13.2. The molecule has 1 saturated heterocycles. The summed E-state index contributed by atoms with van der Waals surface area (Å²) in [5.74, 6) is 0.652. The molecule has 0 N–H and O–H groups in total. The van der Waals surface area contributed by atoms with Gasteiger partial charge in [-0.2, -0.15) is 5.10 Å². The zero-order valence-electron chi connectivity index (χ0n) is 18.0. The Morgan fingerprint density at radius 3 is 2.52 bits per heavy atom. The number of piperazine rings is 1. The lowest BCUT2D eigenvalue weighted by molar-refractivity contribution is -0.135. The molecule has 2 aliphatic rings. The van der Waals surface area contributed by atoms with Gasteiger partial charge < -0.3 is 14.1 Å². The van der Waals surface area contributed by atoms with Crippen molar-refractivity contribution in [3.8, 4) is 0 Å². The Morgan fingerprint density at radius 1 is 1.13 bits per heavy atom. The monoisotopic (exact) mass is 424 g/mol. The molecular weight excluding hydrogens is 396 g/mol. The molecule has 1 fully saturated rings. The minimum Gasteiger partial charge on any atom is -0.467 e. The molecule has 164 valence electrons. The quantitative estimate of drug-likeness (QED) is 0.737. The van der Waals surface area contributed by atoms with E-state index in [1.165, 1.54) is 5.56 Å². The van der Waals surface area contributed by atoms with Gasteiger partial charge in [-0.15, -0.1) is 0 Å². The molecule has 0 aliphatic carbocycles. The first-order valence-corrected chi connectivity index (χ1v) is 10.7. The lowest BCUT2D eigenvalue weighted by Gasteiger charge is -2.34. The Hall–Kier alpha value is -3.13. The van der Waals surface area contributed by atoms with Crippen LogP contribution in [0.1, 0.15) is 36.3 Å². The Labute approximate surface area is 182 Å². The van der Waals surface area contributed by atoms with Gasteiger partial charge in [0, 0.05) is 32.6 Å². The fourth-order valence-electron chi connectivity index (χ4n) is 3.93. The van der Waals surface area contributed by atoms with Gasteiger partial charge in [0.15, 0.2) is 0 Å². The van der Waals surface area contributed by atoms with Crippen LogP contribution in [0.5, 0.6) is 0 Å². The Balaban J connectivity index is 1.44. The molecular formula is C23H28N4O4. The molecule has 3 heterocycles. The standard InChI is InChI=1S/C23H28N4O4/c1-3-30-23(29)26-12-10-25(11-13-26)16-22(28)27-20(21-5-4-14-31-21)15-19(24-27)18-8-6-17(2)7-9-18/h4-9,14,20H,3,10-13,15-16H2,1-2H3. The van der Waals surface area contributed by atoms with E-state index in [0.29, 0.717) is 39.2 Å². The first kappa shape index (κ1) is 21.1. The number of aryl methyl sites for hydroxylation is 1. The van der Waals surface area contributed by atoms with Crippen molar-refractivity contribution in [1.29, 1.82) is 0 Å². The van der Waals surface area contributed by atoms with Gasteiger partial charge in [0.2, 0.25) is 0 Å². The summed E-state index contributed by atoms with van der Waals surface area (Å²) in [7, 11) is 0. The number of furan rings is 1. The Kier molecular flexibility index (Phi) is 6.36. The van der Waals surface area contributed by atoms with Crippen molar-refractivity contribution >= 4 is 17.7 Å². The van der Waals surface area contributed by atoms with Crippen molar-refractivity contribution in [2.24, 2.45) is 5.10 Å². The maximum Gasteiger partial charge on any atom is 0.409 e. The second-order valence-electron chi connectivity index (χ2n) is 7.85. The van der Waals surface area contributed by atoms with Crippen molar-refractivity contribution < 1.29 is 18.7 Å². The van der Waals surface area contributed by atoms with E-state index in [2.05, 4.69) is 10.0 Å². The summed E-state index contributed by atoms with van der Waals surface area (Å²) < 4.78 is 10.7. The van der Waals surface area contributed by atoms with Gasteiger partial charge in [0.05, 0.1) is 25.1 Å². The smallest absolute Gasteiger partial charge is 0.409 e. The molecule has 2 aromatic rings. The average molecular weight is 425 g/mol. The Bertz CT molecular complexity index is 931. The summed E-state index contributed by atoms with van der Waals surface area (Å²) in [6.07, 6.45) is 1.94. The lowest BCUT2D eigenvalue weighted by Crippen LogP contribution is -2.51. The van der Waals surface area contributed by atoms with Crippen LogP contribution in [0, 0.1) is 6.92 Å². The van der Waals surface area contributed by atoms with Gasteiger partial charge in [0.25, 0.3) is 5.91 Å². The van der Waals surface area contributed by atoms with Crippen LogP contribution in [0.15, 0.2) is 52.2 Å². The van der Waals surface area contributed by atoms with E-state index in [1.54, 1.807) is 23.1 Å². The molecule has 8 nitrogen and oxygen atoms in total. The van der Waals surface area contributed by atoms with E-state index in [9.17, 15) is 9.59 Å². The highest BCUT2D eigenvalue weighted by molar-refractivity contribution is 6.03. The van der Waals surface area contributed by atoms with E-state index in [1.807, 2.05) is 43.3 Å². The summed E-state index contributed by atoms with van der Waals surface area (Å²) in [5, 5.41) is 6.25. The SMILES string of the molecule is CCOC(=O)N1CCN(CC(=O)N2N=C(c3ccc(C)cc3)CC2c2ccco2)CC1. The zero-order valence-corrected chi connectivity index (χ0v) is 18.0. The number of ether oxygens (including phenoxy) is 1. The predicted octanol–water partition coefficient (Wildman–Crippen LogP) is 3.04. The number of hydrogen-bond donors (Lipinski definition) is 0. The molecule has 0 bridgehead atoms. The van der Waals surface area contributed by atoms with Gasteiger partial charge in [-0.3, -0.25) is 9.69 Å². The highest BCUT2D eigenvalue weighted by Crippen LogP contribution is 2.33. The molecule has 0 saturated carbocycles. The van der Waals surface area contributed by atoms with E-state index < -0.39 is 0 Å². The molecule has 1 aromatic heterocycles. The molecule has 1 unspecified atom stereocenters. The van der Waals surface area contributed by atoms with E-state index in [-0.39, 0.29) is 24.6 Å². The molecule has 8 heteroatoms. The molecule has 31 heavy (non-hydrogen) atoms. The number of amides is 2. The molecule has 0 radical (unpaired) electrons. The molecule has 1 aromatic carbocycles. The molecule has 0 spiro atoms. The number of rotatable bonds is 5. The third-order valence-electron chi connectivity index (χ3n) is 5.68. The lowest BCUT2D eigenvalue weighted by atomic mass is 10.0. The number of hydrogen-bond acceptors (Lipinski definition) is 6. The summed E-state index contributed by atoms with van der Waals surface area (Å²) in [5.41, 5.74) is 3.07. The van der Waals surface area contributed by atoms with Gasteiger partial charge in [0.1, 0.15) is 11.8 Å². The summed E-state index contributed by atoms with van der Waals surface area (Å²) >= 11 is 0. The third-order valence-corrected chi connectivity index (χ3v) is 5.68. The van der Waals surface area contributed by atoms with Crippen LogP contribution in [0.2, 0.25) is 0 Å². The zero-order chi connectivity index (χ0) is 21.8. The van der Waals surface area contributed by atoms with Crippen molar-refractivity contribution in [3.63, 3.8) is 0 Å². The average Bonchev–Trinajstić information content (AvgIpc) is 3.45. The third kappa shape index (κ3) is 4.80. The molecule has 2 aliphatic heterocycles. The second kappa shape index (κ2) is 9.34. The van der Waals surface area contributed by atoms with Gasteiger partial charge >= 0.3 is 6.09 Å². The van der Waals surface area contributed by atoms with Gasteiger partial charge in [-0.05, 0) is 31.5 Å². The molecule has 1 atom stereocenters. The van der Waals surface area contributed by atoms with Crippen molar-refractivity contribution in [3.05, 3.63) is 59.5 Å². The summed E-state index contributed by atoms with van der Waals surface area (Å²) in [4.78, 5) is 28.8. The van der Waals surface area contributed by atoms with E-state index in [4.69, 9.17) is 9.15 Å². The normalized spacial score (nSPS) is 19.4. The van der Waals surface area contributed by atoms with E-state index in [0.717, 1.165) is 17.0 Å². The fraction of sp³-hybridized carbons (Fsp3) is 0.435. The predicted molar refractivity (Wildman–Crippen MR) is 116 cm³/mol. The largest absolute Gasteiger partial charge is 0.467 e. The van der Waals surface area contributed by atoms with Gasteiger partial charge in [-0.1, -0.05) is 29.8 Å². The van der Waals surface area contributed by atoms with Crippen LogP contribution in [0.3, 0.4) is 0 Å². The summed E-state index contributed by atoms with van der Waals surface area (Å²) in [6, 6.07) is 11.6. The number of carbonyl (C=O) groups is 2. The number of benzene rings is 1. The number of hydrazone groups is 1. The van der Waals surface area contributed by atoms with Crippen molar-refractivity contribution in [1.82, 2.24) is 14.8 Å².